The van der Waals surface area contributed by atoms with E-state index in [-0.39, 0.29) is 25.1 Å². The molecule has 12 heteroatoms. The number of likely N-dealkylation sites (N-methyl/N-ethyl adjacent to an activating group) is 1. The second-order valence-electron chi connectivity index (χ2n) is 10.8. The minimum absolute atomic E-state index is 0.0910. The SMILES string of the molecule is CCN(C(=O)CNC(=O)[C@@H](C)NC(=O)[C@@H](N)Cc1ccc(O)cc1)[C@@H](Cc1ccccc1)C(=O)NC(=O)OC(C)(C)C. The van der Waals surface area contributed by atoms with E-state index in [1.165, 1.54) is 24.0 Å². The normalized spacial score (nSPS) is 13.2. The van der Waals surface area contributed by atoms with Gasteiger partial charge >= 0.3 is 6.09 Å². The van der Waals surface area contributed by atoms with Crippen LogP contribution in [-0.2, 0) is 36.8 Å². The highest BCUT2D eigenvalue weighted by Crippen LogP contribution is 2.13. The number of phenolic OH excluding ortho intramolecular Hbond substituents is 1. The molecular formula is C30H41N5O7. The highest BCUT2D eigenvalue weighted by molar-refractivity contribution is 5.98. The number of nitrogens with zero attached hydrogens (tertiary/aromatic N) is 1. The zero-order chi connectivity index (χ0) is 31.4. The van der Waals surface area contributed by atoms with Crippen LogP contribution in [0.4, 0.5) is 4.79 Å². The van der Waals surface area contributed by atoms with Crippen LogP contribution in [0.15, 0.2) is 54.6 Å². The third-order valence-corrected chi connectivity index (χ3v) is 6.13. The van der Waals surface area contributed by atoms with Crippen LogP contribution >= 0.6 is 0 Å². The molecule has 5 amide bonds. The van der Waals surface area contributed by atoms with Crippen LogP contribution in [0.1, 0.15) is 45.7 Å². The molecule has 0 saturated heterocycles. The van der Waals surface area contributed by atoms with Crippen molar-refractivity contribution >= 4 is 29.7 Å². The summed E-state index contributed by atoms with van der Waals surface area (Å²) in [5.74, 6) is -2.38. The number of benzene rings is 2. The van der Waals surface area contributed by atoms with Crippen molar-refractivity contribution in [3.05, 3.63) is 65.7 Å². The average molecular weight is 584 g/mol. The van der Waals surface area contributed by atoms with Gasteiger partial charge in [-0.05, 0) is 64.3 Å². The maximum atomic E-state index is 13.2. The second-order valence-corrected chi connectivity index (χ2v) is 10.8. The Labute approximate surface area is 246 Å². The molecule has 0 bridgehead atoms. The van der Waals surface area contributed by atoms with E-state index < -0.39 is 60.0 Å². The van der Waals surface area contributed by atoms with Crippen molar-refractivity contribution in [3.63, 3.8) is 0 Å². The molecule has 0 spiro atoms. The zero-order valence-corrected chi connectivity index (χ0v) is 24.7. The van der Waals surface area contributed by atoms with Crippen molar-refractivity contribution in [1.29, 1.82) is 0 Å². The van der Waals surface area contributed by atoms with Crippen LogP contribution in [-0.4, -0.2) is 76.5 Å². The summed E-state index contributed by atoms with van der Waals surface area (Å²) in [5, 5.41) is 16.6. The molecule has 0 unspecified atom stereocenters. The number of nitrogens with two attached hydrogens (primary N) is 1. The summed E-state index contributed by atoms with van der Waals surface area (Å²) in [6.07, 6.45) is -0.622. The first-order chi connectivity index (χ1) is 19.7. The van der Waals surface area contributed by atoms with E-state index in [0.717, 1.165) is 11.1 Å². The Hall–Kier alpha value is -4.45. The molecule has 12 nitrogen and oxygen atoms in total. The lowest BCUT2D eigenvalue weighted by Crippen LogP contribution is -2.55. The van der Waals surface area contributed by atoms with E-state index in [1.807, 2.05) is 6.07 Å². The number of alkyl carbamates (subject to hydrolysis) is 1. The van der Waals surface area contributed by atoms with Gasteiger partial charge in [-0.25, -0.2) is 4.79 Å². The number of imide groups is 1. The minimum atomic E-state index is -1.07. The number of hydrogen-bond acceptors (Lipinski definition) is 8. The Morgan fingerprint density at radius 2 is 1.50 bits per heavy atom. The van der Waals surface area contributed by atoms with Crippen molar-refractivity contribution in [2.24, 2.45) is 5.73 Å². The third kappa shape index (κ3) is 11.2. The lowest BCUT2D eigenvalue weighted by molar-refractivity contribution is -0.140. The summed E-state index contributed by atoms with van der Waals surface area (Å²) >= 11 is 0. The van der Waals surface area contributed by atoms with E-state index in [2.05, 4.69) is 16.0 Å². The first-order valence-corrected chi connectivity index (χ1v) is 13.7. The summed E-state index contributed by atoms with van der Waals surface area (Å²) in [5.41, 5.74) is 6.64. The molecular weight excluding hydrogens is 542 g/mol. The fourth-order valence-corrected chi connectivity index (χ4v) is 4.02. The van der Waals surface area contributed by atoms with Crippen LogP contribution < -0.4 is 21.7 Å². The summed E-state index contributed by atoms with van der Waals surface area (Å²) in [7, 11) is 0. The van der Waals surface area contributed by atoms with E-state index >= 15 is 0 Å². The molecule has 0 aromatic heterocycles. The Kier molecular flexibility index (Phi) is 12.5. The molecule has 2 aromatic carbocycles. The van der Waals surface area contributed by atoms with Gasteiger partial charge in [-0.1, -0.05) is 42.5 Å². The summed E-state index contributed by atoms with van der Waals surface area (Å²) in [6.45, 7) is 7.79. The maximum Gasteiger partial charge on any atom is 0.414 e. The van der Waals surface area contributed by atoms with Gasteiger partial charge in [-0.15, -0.1) is 0 Å². The molecule has 2 rings (SSSR count). The molecule has 3 atom stereocenters. The Morgan fingerprint density at radius 1 is 0.905 bits per heavy atom. The van der Waals surface area contributed by atoms with Crippen LogP contribution in [0, 0.1) is 0 Å². The smallest absolute Gasteiger partial charge is 0.414 e. The van der Waals surface area contributed by atoms with Crippen LogP contribution in [0.3, 0.4) is 0 Å². The molecule has 0 aliphatic rings. The molecule has 0 saturated carbocycles. The van der Waals surface area contributed by atoms with E-state index in [0.29, 0.717) is 0 Å². The maximum absolute atomic E-state index is 13.2. The van der Waals surface area contributed by atoms with Crippen molar-refractivity contribution < 1.29 is 33.8 Å². The predicted molar refractivity (Wildman–Crippen MR) is 156 cm³/mol. The van der Waals surface area contributed by atoms with Crippen molar-refractivity contribution in [1.82, 2.24) is 20.9 Å². The molecule has 0 heterocycles. The lowest BCUT2D eigenvalue weighted by Gasteiger charge is -2.30. The monoisotopic (exact) mass is 583 g/mol. The molecule has 228 valence electrons. The van der Waals surface area contributed by atoms with Gasteiger partial charge < -0.3 is 31.1 Å². The molecule has 6 N–H and O–H groups in total. The van der Waals surface area contributed by atoms with Crippen LogP contribution in [0.25, 0.3) is 0 Å². The number of ether oxygens (including phenoxy) is 1. The summed E-state index contributed by atoms with van der Waals surface area (Å²) < 4.78 is 5.19. The van der Waals surface area contributed by atoms with E-state index in [1.54, 1.807) is 64.1 Å². The number of rotatable bonds is 12. The highest BCUT2D eigenvalue weighted by atomic mass is 16.6. The Balaban J connectivity index is 2.02. The van der Waals surface area contributed by atoms with Gasteiger partial charge in [-0.3, -0.25) is 24.5 Å². The Bertz CT molecular complexity index is 1230. The minimum Gasteiger partial charge on any atom is -0.508 e. The number of amides is 5. The zero-order valence-electron chi connectivity index (χ0n) is 24.7. The second kappa shape index (κ2) is 15.5. The van der Waals surface area contributed by atoms with Gasteiger partial charge in [0.15, 0.2) is 0 Å². The van der Waals surface area contributed by atoms with Gasteiger partial charge in [0.1, 0.15) is 23.4 Å². The number of carbonyl (C=O) groups excluding carboxylic acids is 5. The first kappa shape index (κ1) is 33.8. The quantitative estimate of drug-likeness (QED) is 0.249. The largest absolute Gasteiger partial charge is 0.508 e. The van der Waals surface area contributed by atoms with Crippen LogP contribution in [0.5, 0.6) is 5.75 Å². The topological polar surface area (TPSA) is 180 Å². The fraction of sp³-hybridized carbons (Fsp3) is 0.433. The number of carbonyl (C=O) groups is 5. The van der Waals surface area contributed by atoms with Crippen molar-refractivity contribution in [3.8, 4) is 5.75 Å². The molecule has 2 aromatic rings. The number of aromatic hydroxyl groups is 1. The van der Waals surface area contributed by atoms with Gasteiger partial charge in [0.05, 0.1) is 12.6 Å². The predicted octanol–water partition coefficient (Wildman–Crippen LogP) is 1.39. The first-order valence-electron chi connectivity index (χ1n) is 13.7. The number of hydrogen-bond donors (Lipinski definition) is 5. The van der Waals surface area contributed by atoms with Crippen molar-refractivity contribution in [2.75, 3.05) is 13.1 Å². The fourth-order valence-electron chi connectivity index (χ4n) is 4.02. The number of nitrogens with one attached hydrogen (secondary N) is 3. The third-order valence-electron chi connectivity index (χ3n) is 6.13. The molecule has 0 aliphatic heterocycles. The average Bonchev–Trinajstić information content (AvgIpc) is 2.92. The van der Waals surface area contributed by atoms with Crippen LogP contribution in [0.2, 0.25) is 0 Å². The lowest BCUT2D eigenvalue weighted by atomic mass is 10.0. The summed E-state index contributed by atoms with van der Waals surface area (Å²) in [6, 6.07) is 12.2. The standard InChI is InChI=1S/C30H41N5O7/c1-6-35(24(17-20-10-8-7-9-11-20)28(40)34-29(41)42-30(3,4)5)25(37)18-32-26(38)19(2)33-27(39)23(31)16-21-12-14-22(36)15-13-21/h7-15,19,23-24,36H,6,16-18,31H2,1-5H3,(H,32,38)(H,33,39)(H,34,40,41)/t19-,23+,24+/m1/s1. The van der Waals surface area contributed by atoms with E-state index in [9.17, 15) is 29.1 Å². The van der Waals surface area contributed by atoms with Gasteiger partial charge in [-0.2, -0.15) is 0 Å². The van der Waals surface area contributed by atoms with Gasteiger partial charge in [0.2, 0.25) is 17.7 Å². The molecule has 0 radical (unpaired) electrons. The Morgan fingerprint density at radius 3 is 2.07 bits per heavy atom. The molecule has 42 heavy (non-hydrogen) atoms. The molecule has 0 fully saturated rings. The molecule has 0 aliphatic carbocycles. The van der Waals surface area contributed by atoms with E-state index in [4.69, 9.17) is 10.5 Å². The van der Waals surface area contributed by atoms with Crippen molar-refractivity contribution in [2.45, 2.75) is 71.2 Å². The van der Waals surface area contributed by atoms with Gasteiger partial charge in [0, 0.05) is 13.0 Å². The highest BCUT2D eigenvalue weighted by Gasteiger charge is 2.32. The summed E-state index contributed by atoms with van der Waals surface area (Å²) in [4.78, 5) is 65.1. The number of phenols is 1. The van der Waals surface area contributed by atoms with Gasteiger partial charge in [0.25, 0.3) is 5.91 Å².